The molecule has 6 rings (SSSR count). The van der Waals surface area contributed by atoms with Gasteiger partial charge in [0.05, 0.1) is 46.6 Å². The van der Waals surface area contributed by atoms with Crippen LogP contribution in [0.2, 0.25) is 0 Å². The molecule has 288 valence electrons. The number of aromatic carboxylic acids is 1. The van der Waals surface area contributed by atoms with Crippen molar-refractivity contribution in [1.29, 1.82) is 0 Å². The van der Waals surface area contributed by atoms with Gasteiger partial charge in [-0.3, -0.25) is 4.79 Å². The maximum Gasteiger partial charge on any atom is 0.494 e. The summed E-state index contributed by atoms with van der Waals surface area (Å²) in [5.74, 6) is -8.91. The highest BCUT2D eigenvalue weighted by Crippen LogP contribution is 2.38. The Morgan fingerprint density at radius 3 is 1.42 bits per heavy atom. The minimum atomic E-state index is -2.91. The van der Waals surface area contributed by atoms with Crippen molar-refractivity contribution in [2.75, 3.05) is 26.2 Å². The molecule has 4 saturated heterocycles. The number of rotatable bonds is 4. The molecule has 4 fully saturated rings. The van der Waals surface area contributed by atoms with Crippen LogP contribution in [0.4, 0.5) is 26.3 Å². The van der Waals surface area contributed by atoms with Gasteiger partial charge >= 0.3 is 20.2 Å². The first-order valence-electron chi connectivity index (χ1n) is 16.6. The van der Waals surface area contributed by atoms with Crippen LogP contribution >= 0.6 is 12.4 Å². The fraction of sp³-hybridized carbons (Fsp3) is 0.588. The predicted molar refractivity (Wildman–Crippen MR) is 186 cm³/mol. The van der Waals surface area contributed by atoms with Gasteiger partial charge < -0.3 is 33.9 Å². The normalized spacial score (nSPS) is 22.8. The van der Waals surface area contributed by atoms with Crippen molar-refractivity contribution >= 4 is 49.4 Å². The molecule has 2 N–H and O–H groups in total. The summed E-state index contributed by atoms with van der Waals surface area (Å²) in [6.07, 6.45) is -0.390. The first kappa shape index (κ1) is 43.6. The molecule has 4 aliphatic heterocycles. The van der Waals surface area contributed by atoms with Crippen molar-refractivity contribution in [3.05, 3.63) is 59.2 Å². The number of hydrogen-bond acceptors (Lipinski definition) is 7. The number of carbonyl (C=O) groups excluding carboxylic acids is 1. The number of hydrogen-bond donors (Lipinski definition) is 2. The highest BCUT2D eigenvalue weighted by Gasteiger charge is 2.53. The summed E-state index contributed by atoms with van der Waals surface area (Å²) in [7, 11) is -1.44. The number of likely N-dealkylation sites (tertiary alicyclic amines) is 1. The van der Waals surface area contributed by atoms with Gasteiger partial charge in [0.15, 0.2) is 0 Å². The molecule has 4 aliphatic rings. The van der Waals surface area contributed by atoms with E-state index in [9.17, 15) is 35.9 Å². The molecule has 4 heterocycles. The average Bonchev–Trinajstić information content (AvgIpc) is 3.69. The second kappa shape index (κ2) is 15.5. The highest BCUT2D eigenvalue weighted by molar-refractivity contribution is 6.62. The number of benzene rings is 2. The lowest BCUT2D eigenvalue weighted by molar-refractivity contribution is 0.00578. The Morgan fingerprint density at radius 2 is 1.13 bits per heavy atom. The fourth-order valence-electron chi connectivity index (χ4n) is 5.37. The summed E-state index contributed by atoms with van der Waals surface area (Å²) in [5.41, 5.74) is -1.83. The molecule has 2 aromatic rings. The van der Waals surface area contributed by atoms with Gasteiger partial charge in [0, 0.05) is 25.9 Å². The van der Waals surface area contributed by atoms with Gasteiger partial charge in [-0.1, -0.05) is 12.1 Å². The molecule has 0 saturated carbocycles. The molecule has 0 aromatic heterocycles. The number of halogens is 7. The van der Waals surface area contributed by atoms with Crippen LogP contribution in [0.3, 0.4) is 0 Å². The van der Waals surface area contributed by atoms with Crippen LogP contribution in [0.15, 0.2) is 36.4 Å². The van der Waals surface area contributed by atoms with Gasteiger partial charge in [-0.15, -0.1) is 12.4 Å². The Labute approximate surface area is 306 Å². The monoisotopic (exact) mass is 764 g/mol. The molecular weight excluding hydrogens is 719 g/mol. The van der Waals surface area contributed by atoms with E-state index < -0.39 is 85.0 Å². The van der Waals surface area contributed by atoms with Crippen molar-refractivity contribution in [3.8, 4) is 0 Å². The van der Waals surface area contributed by atoms with E-state index in [1.54, 1.807) is 0 Å². The Kier molecular flexibility index (Phi) is 13.0. The van der Waals surface area contributed by atoms with E-state index >= 15 is 0 Å². The number of carboxylic acid groups (broad SMARTS) is 1. The SMILES string of the molecule is CC1(C)OB(c2ccc(C(=O)N3CCC(F)(F)C3)c(F)c2)OC1(C)C.CC1(C)OB(c2ccc(C(=O)O)c(F)c2)OC1(C)C.Cl.FC1(F)CCNC1. The van der Waals surface area contributed by atoms with E-state index in [-0.39, 0.29) is 43.0 Å². The zero-order valence-corrected chi connectivity index (χ0v) is 31.2. The minimum absolute atomic E-state index is 0. The van der Waals surface area contributed by atoms with Gasteiger partial charge in [0.2, 0.25) is 0 Å². The van der Waals surface area contributed by atoms with E-state index in [0.29, 0.717) is 17.5 Å². The van der Waals surface area contributed by atoms with Crippen LogP contribution in [0, 0.1) is 11.6 Å². The van der Waals surface area contributed by atoms with Crippen molar-refractivity contribution in [3.63, 3.8) is 0 Å². The summed E-state index contributed by atoms with van der Waals surface area (Å²) in [6, 6.07) is 7.88. The van der Waals surface area contributed by atoms with E-state index in [1.165, 1.54) is 30.3 Å². The molecule has 0 atom stereocenters. The third kappa shape index (κ3) is 9.83. The standard InChI is InChI=1S/C17H21BF3NO3.C13H16BFO4.C4H7F2N.ClH/c1-15(2)16(3,4)25-18(24-15)11-5-6-12(13(19)9-11)14(23)22-8-7-17(20,21)10-22;1-12(2)13(3,4)19-14(18-12)8-5-6-9(11(16)17)10(15)7-8;5-4(6)1-2-7-3-4;/h5-6,9H,7-8,10H2,1-4H3;5-7H,1-4H3,(H,16,17);7H,1-3H2;1H. The Bertz CT molecular complexity index is 1590. The van der Waals surface area contributed by atoms with Crippen LogP contribution in [-0.4, -0.2) is 96.5 Å². The van der Waals surface area contributed by atoms with Crippen LogP contribution < -0.4 is 16.2 Å². The lowest BCUT2D eigenvalue weighted by Crippen LogP contribution is -2.41. The smallest absolute Gasteiger partial charge is 0.478 e. The van der Waals surface area contributed by atoms with Gasteiger partial charge in [-0.05, 0) is 90.6 Å². The topological polar surface area (TPSA) is 107 Å². The largest absolute Gasteiger partial charge is 0.494 e. The quantitative estimate of drug-likeness (QED) is 0.313. The predicted octanol–water partition coefficient (Wildman–Crippen LogP) is 5.47. The fourth-order valence-corrected chi connectivity index (χ4v) is 5.37. The van der Waals surface area contributed by atoms with E-state index in [2.05, 4.69) is 5.32 Å². The Balaban J connectivity index is 0.000000238. The number of nitrogens with zero attached hydrogens (tertiary/aromatic N) is 1. The average molecular weight is 765 g/mol. The highest BCUT2D eigenvalue weighted by atomic mass is 35.5. The second-order valence-corrected chi connectivity index (χ2v) is 15.1. The number of carboxylic acids is 1. The molecule has 18 heteroatoms. The minimum Gasteiger partial charge on any atom is -0.478 e. The van der Waals surface area contributed by atoms with Gasteiger partial charge in [0.1, 0.15) is 11.6 Å². The maximum atomic E-state index is 14.4. The van der Waals surface area contributed by atoms with Crippen LogP contribution in [0.25, 0.3) is 0 Å². The summed E-state index contributed by atoms with van der Waals surface area (Å²) in [4.78, 5) is 24.0. The van der Waals surface area contributed by atoms with E-state index in [1.807, 2.05) is 55.4 Å². The zero-order chi connectivity index (χ0) is 38.4. The van der Waals surface area contributed by atoms with Gasteiger partial charge in [-0.25, -0.2) is 31.1 Å². The van der Waals surface area contributed by atoms with Crippen LogP contribution in [0.5, 0.6) is 0 Å². The summed E-state index contributed by atoms with van der Waals surface area (Å²) in [5, 5.41) is 11.3. The lowest BCUT2D eigenvalue weighted by atomic mass is 9.78. The van der Waals surface area contributed by atoms with Gasteiger partial charge in [0.25, 0.3) is 17.8 Å². The molecule has 9 nitrogen and oxygen atoms in total. The third-order valence-corrected chi connectivity index (χ3v) is 10.0. The Hall–Kier alpha value is -2.82. The molecule has 52 heavy (non-hydrogen) atoms. The first-order chi connectivity index (χ1) is 23.3. The number of alkyl halides is 4. The second-order valence-electron chi connectivity index (χ2n) is 15.1. The van der Waals surface area contributed by atoms with Crippen LogP contribution in [-0.2, 0) is 18.6 Å². The molecule has 0 unspecified atom stereocenters. The molecule has 0 radical (unpaired) electrons. The summed E-state index contributed by atoms with van der Waals surface area (Å²) < 4.78 is 102. The zero-order valence-electron chi connectivity index (χ0n) is 30.4. The number of nitrogens with one attached hydrogen (secondary N) is 1. The van der Waals surface area contributed by atoms with Crippen LogP contribution in [0.1, 0.15) is 88.9 Å². The molecule has 1 amide bonds. The number of amides is 1. The van der Waals surface area contributed by atoms with Crippen molar-refractivity contribution in [2.45, 2.75) is 102 Å². The van der Waals surface area contributed by atoms with Gasteiger partial charge in [-0.2, -0.15) is 0 Å². The molecular formula is C34H45B2ClF6N2O7. The van der Waals surface area contributed by atoms with E-state index in [0.717, 1.165) is 11.0 Å². The molecule has 0 aliphatic carbocycles. The Morgan fingerprint density at radius 1 is 0.712 bits per heavy atom. The first-order valence-corrected chi connectivity index (χ1v) is 16.6. The van der Waals surface area contributed by atoms with Crippen molar-refractivity contribution in [1.82, 2.24) is 10.2 Å². The van der Waals surface area contributed by atoms with Crippen molar-refractivity contribution in [2.24, 2.45) is 0 Å². The van der Waals surface area contributed by atoms with E-state index in [4.69, 9.17) is 23.7 Å². The maximum absolute atomic E-state index is 14.4. The molecule has 2 aromatic carbocycles. The molecule has 0 spiro atoms. The third-order valence-electron chi connectivity index (χ3n) is 10.0. The van der Waals surface area contributed by atoms with Crippen molar-refractivity contribution < 1.29 is 59.7 Å². The molecule has 0 bridgehead atoms. The summed E-state index contributed by atoms with van der Waals surface area (Å²) >= 11 is 0. The summed E-state index contributed by atoms with van der Waals surface area (Å²) in [6.45, 7) is 14.7. The number of carbonyl (C=O) groups is 2. The lowest BCUT2D eigenvalue weighted by Gasteiger charge is -2.32.